The van der Waals surface area contributed by atoms with Crippen molar-refractivity contribution in [2.45, 2.75) is 25.8 Å². The summed E-state index contributed by atoms with van der Waals surface area (Å²) in [6, 6.07) is 22.1. The number of aryl methyl sites for hydroxylation is 2. The summed E-state index contributed by atoms with van der Waals surface area (Å²) < 4.78 is 8.15. The number of hydrogen-bond acceptors (Lipinski definition) is 7. The normalized spacial score (nSPS) is 14.9. The monoisotopic (exact) mass is 558 g/mol. The largest absolute Gasteiger partial charge is 0.456 e. The molecule has 0 radical (unpaired) electrons. The number of imidazole rings is 1. The van der Waals surface area contributed by atoms with E-state index in [1.165, 1.54) is 0 Å². The fourth-order valence-electron chi connectivity index (χ4n) is 5.92. The Kier molecular flexibility index (Phi) is 6.58. The highest BCUT2D eigenvalue weighted by molar-refractivity contribution is 5.94. The lowest BCUT2D eigenvalue weighted by atomic mass is 9.85. The van der Waals surface area contributed by atoms with Crippen molar-refractivity contribution < 1.29 is 9.21 Å². The van der Waals surface area contributed by atoms with Gasteiger partial charge in [-0.1, -0.05) is 30.3 Å². The van der Waals surface area contributed by atoms with E-state index in [0.29, 0.717) is 30.4 Å². The Hall–Kier alpha value is -5.12. The molecule has 1 saturated heterocycles. The molecular formula is C32H30N8O2. The molecule has 42 heavy (non-hydrogen) atoms. The molecule has 1 amide bonds. The van der Waals surface area contributed by atoms with Crippen LogP contribution in [0, 0.1) is 12.8 Å². The number of fused-ring (bicyclic) bond motifs is 1. The van der Waals surface area contributed by atoms with Gasteiger partial charge in [-0.15, -0.1) is 10.2 Å². The second-order valence-electron chi connectivity index (χ2n) is 10.8. The maximum absolute atomic E-state index is 13.6. The van der Waals surface area contributed by atoms with Crippen LogP contribution in [0.5, 0.6) is 0 Å². The molecule has 4 aromatic heterocycles. The van der Waals surface area contributed by atoms with Crippen LogP contribution in [0.25, 0.3) is 33.6 Å². The zero-order valence-corrected chi connectivity index (χ0v) is 23.5. The van der Waals surface area contributed by atoms with Crippen molar-refractivity contribution in [3.05, 3.63) is 103 Å². The summed E-state index contributed by atoms with van der Waals surface area (Å²) >= 11 is 0. The van der Waals surface area contributed by atoms with Crippen molar-refractivity contribution in [2.75, 3.05) is 13.1 Å². The van der Waals surface area contributed by atoms with Crippen LogP contribution in [0.1, 0.15) is 40.8 Å². The molecule has 1 unspecified atom stereocenters. The molecular weight excluding hydrogens is 528 g/mol. The second-order valence-corrected chi connectivity index (χ2v) is 10.8. The molecule has 10 nitrogen and oxygen atoms in total. The summed E-state index contributed by atoms with van der Waals surface area (Å²) in [5.41, 5.74) is 5.25. The van der Waals surface area contributed by atoms with E-state index in [2.05, 4.69) is 43.6 Å². The van der Waals surface area contributed by atoms with Gasteiger partial charge >= 0.3 is 0 Å². The third-order valence-electron chi connectivity index (χ3n) is 8.08. The minimum absolute atomic E-state index is 0.0300. The third kappa shape index (κ3) is 4.85. The molecule has 6 aromatic rings. The highest BCUT2D eigenvalue weighted by Gasteiger charge is 2.32. The van der Waals surface area contributed by atoms with Crippen LogP contribution in [0.4, 0.5) is 0 Å². The summed E-state index contributed by atoms with van der Waals surface area (Å²) in [7, 11) is 1.97. The summed E-state index contributed by atoms with van der Waals surface area (Å²) in [4.78, 5) is 25.8. The van der Waals surface area contributed by atoms with E-state index < -0.39 is 0 Å². The Morgan fingerprint density at radius 2 is 1.83 bits per heavy atom. The number of benzene rings is 2. The molecule has 10 heteroatoms. The van der Waals surface area contributed by atoms with E-state index >= 15 is 0 Å². The lowest BCUT2D eigenvalue weighted by Crippen LogP contribution is -2.41. The number of likely N-dealkylation sites (tertiary alicyclic amines) is 1. The molecule has 5 heterocycles. The first-order valence-corrected chi connectivity index (χ1v) is 14.1. The molecule has 1 fully saturated rings. The van der Waals surface area contributed by atoms with Gasteiger partial charge in [0.25, 0.3) is 5.91 Å². The molecule has 0 aliphatic carbocycles. The van der Waals surface area contributed by atoms with Crippen LogP contribution < -0.4 is 0 Å². The predicted molar refractivity (Wildman–Crippen MR) is 157 cm³/mol. The Morgan fingerprint density at radius 3 is 2.57 bits per heavy atom. The van der Waals surface area contributed by atoms with Gasteiger partial charge in [-0.3, -0.25) is 9.78 Å². The number of hydrogen-bond donors (Lipinski definition) is 0. The number of amides is 1. The van der Waals surface area contributed by atoms with E-state index in [1.54, 1.807) is 17.3 Å². The zero-order chi connectivity index (χ0) is 28.6. The third-order valence-corrected chi connectivity index (χ3v) is 8.08. The number of carbonyl (C=O) groups excluding carboxylic acids is 1. The van der Waals surface area contributed by atoms with Crippen molar-refractivity contribution in [3.63, 3.8) is 0 Å². The fraction of sp³-hybridized carbons (Fsp3) is 0.250. The minimum Gasteiger partial charge on any atom is -0.456 e. The van der Waals surface area contributed by atoms with E-state index in [0.717, 1.165) is 46.2 Å². The number of carbonyl (C=O) groups is 1. The number of rotatable bonds is 6. The Morgan fingerprint density at radius 1 is 1.00 bits per heavy atom. The number of furan rings is 1. The first kappa shape index (κ1) is 25.8. The van der Waals surface area contributed by atoms with Gasteiger partial charge in [0, 0.05) is 42.8 Å². The maximum Gasteiger partial charge on any atom is 0.272 e. The van der Waals surface area contributed by atoms with Gasteiger partial charge in [0.1, 0.15) is 23.1 Å². The van der Waals surface area contributed by atoms with E-state index in [9.17, 15) is 4.79 Å². The van der Waals surface area contributed by atoms with E-state index in [1.807, 2.05) is 78.2 Å². The number of pyridine rings is 1. The Balaban J connectivity index is 1.08. The van der Waals surface area contributed by atoms with Gasteiger partial charge in [-0.2, -0.15) is 4.80 Å². The average molecular weight is 559 g/mol. The van der Waals surface area contributed by atoms with E-state index in [4.69, 9.17) is 4.42 Å². The fourth-order valence-corrected chi connectivity index (χ4v) is 5.92. The summed E-state index contributed by atoms with van der Waals surface area (Å²) in [5, 5.41) is 13.9. The first-order valence-electron chi connectivity index (χ1n) is 14.1. The SMILES string of the molecule is Cc1nnn(C(c2ccccc2)C2CCN(C(=O)c3cc(-c4cc5cc(-c6cncn6C)ccc5o4)ccn3)CC2)n1. The molecule has 0 N–H and O–H groups in total. The average Bonchev–Trinajstić information content (AvgIpc) is 3.77. The summed E-state index contributed by atoms with van der Waals surface area (Å²) in [6.45, 7) is 3.11. The molecule has 2 aromatic carbocycles. The van der Waals surface area contributed by atoms with Crippen molar-refractivity contribution in [1.82, 2.24) is 39.6 Å². The smallest absolute Gasteiger partial charge is 0.272 e. The van der Waals surface area contributed by atoms with E-state index in [-0.39, 0.29) is 17.9 Å². The summed E-state index contributed by atoms with van der Waals surface area (Å²) in [6.07, 6.45) is 6.96. The van der Waals surface area contributed by atoms with Gasteiger partial charge in [-0.05, 0) is 72.9 Å². The quantitative estimate of drug-likeness (QED) is 0.272. The Bertz CT molecular complexity index is 1860. The molecule has 0 spiro atoms. The lowest BCUT2D eigenvalue weighted by molar-refractivity contribution is 0.0658. The number of piperidine rings is 1. The van der Waals surface area contributed by atoms with Gasteiger partial charge in [0.05, 0.1) is 18.2 Å². The highest BCUT2D eigenvalue weighted by atomic mass is 16.3. The predicted octanol–water partition coefficient (Wildman–Crippen LogP) is 5.33. The van der Waals surface area contributed by atoms with Crippen LogP contribution in [-0.4, -0.2) is 58.6 Å². The van der Waals surface area contributed by atoms with Crippen LogP contribution in [-0.2, 0) is 7.05 Å². The molecule has 1 aliphatic rings. The second kappa shape index (κ2) is 10.7. The molecule has 1 atom stereocenters. The van der Waals surface area contributed by atoms with Crippen LogP contribution in [0.3, 0.4) is 0 Å². The summed E-state index contributed by atoms with van der Waals surface area (Å²) in [5.74, 6) is 1.54. The van der Waals surface area contributed by atoms with Gasteiger partial charge in [0.2, 0.25) is 0 Å². The topological polar surface area (TPSA) is 108 Å². The molecule has 7 rings (SSSR count). The maximum atomic E-state index is 13.6. The standard InChI is InChI=1S/C32H30N8O2/c1-21-35-37-40(36-21)31(22-6-4-3-5-7-22)23-11-14-39(15-12-23)32(41)27-17-25(10-13-34-27)30-18-26-16-24(8-9-29(26)42-30)28-19-33-20-38(28)2/h3-10,13,16-20,23,31H,11-12,14-15H2,1-2H3. The van der Waals surface area contributed by atoms with Crippen LogP contribution >= 0.6 is 0 Å². The number of aromatic nitrogens is 7. The van der Waals surface area contributed by atoms with Gasteiger partial charge in [-0.25, -0.2) is 4.98 Å². The van der Waals surface area contributed by atoms with Gasteiger partial charge in [0.15, 0.2) is 5.82 Å². The van der Waals surface area contributed by atoms with Crippen molar-refractivity contribution >= 4 is 16.9 Å². The molecule has 1 aliphatic heterocycles. The van der Waals surface area contributed by atoms with Crippen molar-refractivity contribution in [1.29, 1.82) is 0 Å². The minimum atomic E-state index is -0.0732. The lowest BCUT2D eigenvalue weighted by Gasteiger charge is -2.35. The molecule has 0 saturated carbocycles. The number of tetrazole rings is 1. The molecule has 0 bridgehead atoms. The van der Waals surface area contributed by atoms with Crippen LogP contribution in [0.15, 0.2) is 89.9 Å². The van der Waals surface area contributed by atoms with Gasteiger partial charge < -0.3 is 13.9 Å². The number of nitrogens with zero attached hydrogens (tertiary/aromatic N) is 8. The van der Waals surface area contributed by atoms with Crippen molar-refractivity contribution in [2.24, 2.45) is 13.0 Å². The van der Waals surface area contributed by atoms with Crippen LogP contribution in [0.2, 0.25) is 0 Å². The highest BCUT2D eigenvalue weighted by Crippen LogP contribution is 2.34. The first-order chi connectivity index (χ1) is 20.5. The zero-order valence-electron chi connectivity index (χ0n) is 23.5. The Labute approximate surface area is 242 Å². The van der Waals surface area contributed by atoms with Crippen molar-refractivity contribution in [3.8, 4) is 22.6 Å². The molecule has 210 valence electrons.